The summed E-state index contributed by atoms with van der Waals surface area (Å²) in [5.41, 5.74) is 0. The summed E-state index contributed by atoms with van der Waals surface area (Å²) in [6, 6.07) is 0. The van der Waals surface area contributed by atoms with E-state index in [1.165, 1.54) is 135 Å². The summed E-state index contributed by atoms with van der Waals surface area (Å²) in [4.78, 5) is 72.8. The quantitative estimate of drug-likeness (QED) is 0.0169. The average Bonchev–Trinajstić information content (AvgIpc) is 1.17. The summed E-state index contributed by atoms with van der Waals surface area (Å²) in [6.45, 7) is 4.79. The van der Waals surface area contributed by atoms with Gasteiger partial charge in [-0.2, -0.15) is 0 Å². The van der Waals surface area contributed by atoms with Crippen molar-refractivity contribution in [2.24, 2.45) is 0 Å². The van der Waals surface area contributed by atoms with E-state index in [0.717, 1.165) is 148 Å². The third kappa shape index (κ3) is 69.5. The van der Waals surface area contributed by atoms with E-state index in [0.29, 0.717) is 25.7 Å². The maximum Gasteiger partial charge on any atom is 0.472 e. The van der Waals surface area contributed by atoms with Gasteiger partial charge in [-0.1, -0.05) is 301 Å². The second-order valence-electron chi connectivity index (χ2n) is 26.3. The lowest BCUT2D eigenvalue weighted by Crippen LogP contribution is -2.30. The van der Waals surface area contributed by atoms with E-state index < -0.39 is 97.5 Å². The molecule has 5 unspecified atom stereocenters. The molecule has 0 saturated heterocycles. The Balaban J connectivity index is 5.27. The monoisotopic (exact) mass is 1400 g/mol. The lowest BCUT2D eigenvalue weighted by Gasteiger charge is -2.21. The molecule has 0 aromatic carbocycles. The molecule has 0 aromatic rings. The van der Waals surface area contributed by atoms with E-state index in [4.69, 9.17) is 37.0 Å². The highest BCUT2D eigenvalue weighted by atomic mass is 31.2. The zero-order chi connectivity index (χ0) is 70.4. The molecule has 0 spiro atoms. The number of aliphatic hydroxyl groups excluding tert-OH is 1. The van der Waals surface area contributed by atoms with E-state index in [1.807, 2.05) is 0 Å². The molecule has 0 bridgehead atoms. The van der Waals surface area contributed by atoms with Gasteiger partial charge in [0, 0.05) is 25.7 Å². The number of unbranched alkanes of at least 4 members (excludes halogenated alkanes) is 40. The first-order valence-electron chi connectivity index (χ1n) is 38.9. The van der Waals surface area contributed by atoms with E-state index >= 15 is 0 Å². The van der Waals surface area contributed by atoms with Gasteiger partial charge in [-0.25, -0.2) is 9.13 Å². The molecule has 3 N–H and O–H groups in total. The number of rotatable bonds is 74. The highest BCUT2D eigenvalue weighted by molar-refractivity contribution is 7.47. The van der Waals surface area contributed by atoms with E-state index in [9.17, 15) is 43.2 Å². The highest BCUT2D eigenvalue weighted by Gasteiger charge is 2.30. The lowest BCUT2D eigenvalue weighted by molar-refractivity contribution is -0.161. The molecule has 0 radical (unpaired) electrons. The van der Waals surface area contributed by atoms with Crippen LogP contribution < -0.4 is 0 Å². The molecule has 0 fully saturated rings. The third-order valence-corrected chi connectivity index (χ3v) is 18.7. The molecular weight excluding hydrogens is 1260 g/mol. The molecule has 0 rings (SSSR count). The predicted octanol–water partition coefficient (Wildman–Crippen LogP) is 22.1. The van der Waals surface area contributed by atoms with Crippen molar-refractivity contribution in [3.05, 3.63) is 48.6 Å². The number of ether oxygens (including phenoxy) is 4. The van der Waals surface area contributed by atoms with Gasteiger partial charge < -0.3 is 33.8 Å². The first-order valence-corrected chi connectivity index (χ1v) is 41.9. The predicted molar refractivity (Wildman–Crippen MR) is 390 cm³/mol. The molecule has 0 aliphatic carbocycles. The number of hydrogen-bond acceptors (Lipinski definition) is 15. The zero-order valence-corrected chi connectivity index (χ0v) is 63.1. The summed E-state index contributed by atoms with van der Waals surface area (Å²) in [5, 5.41) is 10.6. The molecule has 96 heavy (non-hydrogen) atoms. The van der Waals surface area contributed by atoms with Gasteiger partial charge in [-0.3, -0.25) is 37.3 Å². The van der Waals surface area contributed by atoms with Crippen LogP contribution >= 0.6 is 15.6 Å². The fourth-order valence-electron chi connectivity index (χ4n) is 10.9. The number of phosphoric acid groups is 2. The van der Waals surface area contributed by atoms with Crippen LogP contribution in [-0.2, 0) is 65.4 Å². The standard InChI is InChI=1S/C77H142O17P2/c1-5-9-13-17-21-25-29-32-34-35-37-40-43-46-50-54-58-62-75(80)88-68-73(94-77(82)64-60-56-52-48-44-38-31-27-23-19-15-11-7-3)70-92-96(85,86)90-66-71(78)65-89-95(83,84)91-69-72(93-76(81)63-59-55-51-47-41-28-24-20-16-12-8-4)67-87-74(79)61-57-53-49-45-42-39-36-33-30-26-22-18-14-10-6-2/h9,13,21,25,27,31-32,34,71-73,78H,5-8,10-12,14-20,22-24,26,28-30,33,35-70H2,1-4H3,(H,83,84)(H,85,86)/b13-9-,25-21-,31-27-,34-32-. The summed E-state index contributed by atoms with van der Waals surface area (Å²) in [5.74, 6) is -2.16. The highest BCUT2D eigenvalue weighted by Crippen LogP contribution is 2.45. The summed E-state index contributed by atoms with van der Waals surface area (Å²) in [7, 11) is -9.93. The Kier molecular flexibility index (Phi) is 68.3. The molecule has 17 nitrogen and oxygen atoms in total. The molecule has 0 aliphatic rings. The van der Waals surface area contributed by atoms with Gasteiger partial charge in [-0.05, 0) is 83.5 Å². The Morgan fingerprint density at radius 3 is 0.854 bits per heavy atom. The van der Waals surface area contributed by atoms with Crippen LogP contribution in [0.1, 0.15) is 362 Å². The van der Waals surface area contributed by atoms with Crippen molar-refractivity contribution in [3.63, 3.8) is 0 Å². The maximum absolute atomic E-state index is 13.1. The Hall–Kier alpha value is -2.98. The van der Waals surface area contributed by atoms with Crippen molar-refractivity contribution in [1.82, 2.24) is 0 Å². The summed E-state index contributed by atoms with van der Waals surface area (Å²) in [6.07, 6.45) is 66.7. The number of carbonyl (C=O) groups excluding carboxylic acids is 4. The first kappa shape index (κ1) is 93.0. The molecule has 5 atom stereocenters. The first-order chi connectivity index (χ1) is 46.7. The normalized spacial score (nSPS) is 14.2. The zero-order valence-electron chi connectivity index (χ0n) is 61.3. The van der Waals surface area contributed by atoms with Gasteiger partial charge in [0.05, 0.1) is 26.4 Å². The minimum Gasteiger partial charge on any atom is -0.462 e. The molecular formula is C77H142O17P2. The van der Waals surface area contributed by atoms with Gasteiger partial charge >= 0.3 is 39.5 Å². The van der Waals surface area contributed by atoms with Crippen LogP contribution in [0.5, 0.6) is 0 Å². The average molecular weight is 1400 g/mol. The number of esters is 4. The Bertz CT molecular complexity index is 2010. The lowest BCUT2D eigenvalue weighted by atomic mass is 10.0. The third-order valence-electron chi connectivity index (χ3n) is 16.8. The van der Waals surface area contributed by atoms with Crippen LogP contribution in [0.3, 0.4) is 0 Å². The van der Waals surface area contributed by atoms with Crippen molar-refractivity contribution in [3.8, 4) is 0 Å². The van der Waals surface area contributed by atoms with Crippen molar-refractivity contribution in [1.29, 1.82) is 0 Å². The van der Waals surface area contributed by atoms with Crippen LogP contribution in [0.15, 0.2) is 48.6 Å². The fourth-order valence-corrected chi connectivity index (χ4v) is 12.5. The Morgan fingerprint density at radius 1 is 0.302 bits per heavy atom. The van der Waals surface area contributed by atoms with Crippen molar-refractivity contribution in [2.75, 3.05) is 39.6 Å². The SMILES string of the molecule is CC/C=C\C/C=C\C/C=C\CCCCCCCCCC(=O)OCC(COP(=O)(O)OCC(O)COP(=O)(O)OCC(COC(=O)CCCCCCCCCCCCCCCCC)OC(=O)CCCCCCCCCCCCC)OC(=O)CCCCCCC/C=C\CCCCCC. The second kappa shape index (κ2) is 70.5. The van der Waals surface area contributed by atoms with Crippen LogP contribution in [0.2, 0.25) is 0 Å². The smallest absolute Gasteiger partial charge is 0.462 e. The van der Waals surface area contributed by atoms with Gasteiger partial charge in [0.25, 0.3) is 0 Å². The van der Waals surface area contributed by atoms with E-state index in [-0.39, 0.29) is 25.7 Å². The minimum absolute atomic E-state index is 0.0874. The maximum atomic E-state index is 13.1. The number of allylic oxidation sites excluding steroid dienone is 8. The van der Waals surface area contributed by atoms with Crippen molar-refractivity contribution >= 4 is 39.5 Å². The van der Waals surface area contributed by atoms with E-state index in [1.54, 1.807) is 0 Å². The number of aliphatic hydroxyl groups is 1. The Morgan fingerprint density at radius 2 is 0.542 bits per heavy atom. The van der Waals surface area contributed by atoms with Gasteiger partial charge in [0.2, 0.25) is 0 Å². The van der Waals surface area contributed by atoms with Crippen molar-refractivity contribution in [2.45, 2.75) is 380 Å². The molecule has 19 heteroatoms. The topological polar surface area (TPSA) is 237 Å². The second-order valence-corrected chi connectivity index (χ2v) is 29.2. The van der Waals surface area contributed by atoms with Gasteiger partial charge in [0.15, 0.2) is 12.2 Å². The van der Waals surface area contributed by atoms with Crippen LogP contribution in [-0.4, -0.2) is 96.7 Å². The van der Waals surface area contributed by atoms with Gasteiger partial charge in [0.1, 0.15) is 19.3 Å². The van der Waals surface area contributed by atoms with Crippen molar-refractivity contribution < 1.29 is 80.2 Å². The fraction of sp³-hybridized carbons (Fsp3) is 0.844. The number of phosphoric ester groups is 2. The van der Waals surface area contributed by atoms with Crippen LogP contribution in [0, 0.1) is 0 Å². The number of hydrogen-bond donors (Lipinski definition) is 3. The molecule has 562 valence electrons. The molecule has 0 saturated carbocycles. The van der Waals surface area contributed by atoms with Crippen LogP contribution in [0.4, 0.5) is 0 Å². The van der Waals surface area contributed by atoms with E-state index in [2.05, 4.69) is 76.3 Å². The molecule has 0 aromatic heterocycles. The van der Waals surface area contributed by atoms with Gasteiger partial charge in [-0.15, -0.1) is 0 Å². The molecule has 0 heterocycles. The molecule has 0 aliphatic heterocycles. The summed E-state index contributed by atoms with van der Waals surface area (Å²) >= 11 is 0. The van der Waals surface area contributed by atoms with Crippen LogP contribution in [0.25, 0.3) is 0 Å². The Labute approximate surface area is 585 Å². The summed E-state index contributed by atoms with van der Waals surface area (Å²) < 4.78 is 68.5. The number of carbonyl (C=O) groups is 4. The minimum atomic E-state index is -4.97. The largest absolute Gasteiger partial charge is 0.472 e. The molecule has 0 amide bonds.